The van der Waals surface area contributed by atoms with Gasteiger partial charge in [-0.3, -0.25) is 9.79 Å². The molecule has 2 N–H and O–H groups in total. The van der Waals surface area contributed by atoms with E-state index in [1.807, 2.05) is 50.1 Å². The Balaban J connectivity index is 2.28. The molecule has 7 heteroatoms. The summed E-state index contributed by atoms with van der Waals surface area (Å²) in [5, 5.41) is 6.08. The van der Waals surface area contributed by atoms with Crippen LogP contribution in [0.3, 0.4) is 0 Å². The van der Waals surface area contributed by atoms with Crippen LogP contribution >= 0.6 is 0 Å². The summed E-state index contributed by atoms with van der Waals surface area (Å²) in [5.41, 5.74) is 0. The third kappa shape index (κ3) is 7.78. The number of hydrogen-bond acceptors (Lipinski definition) is 4. The van der Waals surface area contributed by atoms with E-state index in [1.54, 1.807) is 14.2 Å². The van der Waals surface area contributed by atoms with Crippen molar-refractivity contribution < 1.29 is 14.3 Å². The summed E-state index contributed by atoms with van der Waals surface area (Å²) < 4.78 is 10.8. The Hall–Kier alpha value is -2.44. The summed E-state index contributed by atoms with van der Waals surface area (Å²) in [6.45, 7) is 6.15. The summed E-state index contributed by atoms with van der Waals surface area (Å²) in [5.74, 6) is 2.42. The van der Waals surface area contributed by atoms with Crippen LogP contribution in [0.25, 0.3) is 0 Å². The molecule has 1 aromatic carbocycles. The number of rotatable bonds is 9. The summed E-state index contributed by atoms with van der Waals surface area (Å²) >= 11 is 0. The molecule has 0 aliphatic heterocycles. The number of methoxy groups -OCH3 is 1. The number of nitrogens with zero attached hydrogens (tertiary/aromatic N) is 2. The van der Waals surface area contributed by atoms with E-state index in [0.717, 1.165) is 17.5 Å². The van der Waals surface area contributed by atoms with E-state index in [0.29, 0.717) is 26.2 Å². The third-order valence-corrected chi connectivity index (χ3v) is 3.56. The van der Waals surface area contributed by atoms with E-state index >= 15 is 0 Å². The lowest BCUT2D eigenvalue weighted by Gasteiger charge is -2.22. The van der Waals surface area contributed by atoms with Crippen molar-refractivity contribution in [2.45, 2.75) is 13.8 Å². The predicted molar refractivity (Wildman–Crippen MR) is 100 cm³/mol. The highest BCUT2D eigenvalue weighted by Crippen LogP contribution is 2.16. The lowest BCUT2D eigenvalue weighted by atomic mass is 10.2. The third-order valence-electron chi connectivity index (χ3n) is 3.56. The van der Waals surface area contributed by atoms with E-state index in [-0.39, 0.29) is 11.8 Å². The molecule has 0 radical (unpaired) electrons. The van der Waals surface area contributed by atoms with Crippen molar-refractivity contribution in [1.29, 1.82) is 0 Å². The molecular weight excluding hydrogens is 320 g/mol. The molecule has 0 heterocycles. The largest absolute Gasteiger partial charge is 0.497 e. The second-order valence-electron chi connectivity index (χ2n) is 5.87. The number of guanidine groups is 1. The molecule has 7 nitrogen and oxygen atoms in total. The minimum Gasteiger partial charge on any atom is -0.497 e. The molecule has 0 unspecified atom stereocenters. The first-order valence-electron chi connectivity index (χ1n) is 8.44. The second-order valence-corrected chi connectivity index (χ2v) is 5.87. The zero-order valence-electron chi connectivity index (χ0n) is 15.8. The van der Waals surface area contributed by atoms with Gasteiger partial charge in [0, 0.05) is 33.1 Å². The first kappa shape index (κ1) is 20.6. The quantitative estimate of drug-likeness (QED) is 0.399. The highest BCUT2D eigenvalue weighted by molar-refractivity contribution is 5.80. The SMILES string of the molecule is CN=C(NCCNC(=O)C(C)C)N(C)CCOc1ccc(OC)cc1. The van der Waals surface area contributed by atoms with Gasteiger partial charge in [0.05, 0.1) is 13.7 Å². The lowest BCUT2D eigenvalue weighted by Crippen LogP contribution is -2.44. The molecule has 0 atom stereocenters. The Morgan fingerprint density at radius 2 is 1.76 bits per heavy atom. The Morgan fingerprint density at radius 1 is 1.16 bits per heavy atom. The van der Waals surface area contributed by atoms with Crippen LogP contribution in [-0.2, 0) is 4.79 Å². The fourth-order valence-electron chi connectivity index (χ4n) is 2.03. The molecule has 0 bridgehead atoms. The van der Waals surface area contributed by atoms with Crippen LogP contribution in [0.1, 0.15) is 13.8 Å². The molecule has 0 fully saturated rings. The summed E-state index contributed by atoms with van der Waals surface area (Å²) in [6.07, 6.45) is 0. The Bertz CT molecular complexity index is 544. The van der Waals surface area contributed by atoms with E-state index < -0.39 is 0 Å². The highest BCUT2D eigenvalue weighted by Gasteiger charge is 2.07. The van der Waals surface area contributed by atoms with Crippen LogP contribution < -0.4 is 20.1 Å². The second kappa shape index (κ2) is 11.2. The summed E-state index contributed by atoms with van der Waals surface area (Å²) in [7, 11) is 5.31. The molecular formula is C18H30N4O3. The molecule has 0 aliphatic carbocycles. The standard InChI is InChI=1S/C18H30N4O3/c1-14(2)17(23)20-10-11-21-18(19-3)22(4)12-13-25-16-8-6-15(24-5)7-9-16/h6-9,14H,10-13H2,1-5H3,(H,19,21)(H,20,23). The minimum atomic E-state index is -0.00269. The Kier molecular flexibility index (Phi) is 9.21. The molecule has 1 rings (SSSR count). The van der Waals surface area contributed by atoms with Gasteiger partial charge in [-0.15, -0.1) is 0 Å². The van der Waals surface area contributed by atoms with Crippen molar-refractivity contribution in [2.75, 3.05) is 47.4 Å². The molecule has 25 heavy (non-hydrogen) atoms. The monoisotopic (exact) mass is 350 g/mol. The number of benzene rings is 1. The van der Waals surface area contributed by atoms with E-state index in [1.165, 1.54) is 0 Å². The molecule has 0 aliphatic rings. The van der Waals surface area contributed by atoms with Gasteiger partial charge in [-0.2, -0.15) is 0 Å². The van der Waals surface area contributed by atoms with Crippen LogP contribution in [0, 0.1) is 5.92 Å². The fourth-order valence-corrected chi connectivity index (χ4v) is 2.03. The Labute approximate surface area is 150 Å². The van der Waals surface area contributed by atoms with Crippen LogP contribution in [0.15, 0.2) is 29.3 Å². The number of carbonyl (C=O) groups is 1. The van der Waals surface area contributed by atoms with Gasteiger partial charge < -0.3 is 25.0 Å². The molecule has 0 saturated heterocycles. The average Bonchev–Trinajstić information content (AvgIpc) is 2.61. The van der Waals surface area contributed by atoms with Gasteiger partial charge in [0.2, 0.25) is 5.91 Å². The first-order valence-corrected chi connectivity index (χ1v) is 8.44. The van der Waals surface area contributed by atoms with Crippen molar-refractivity contribution in [3.05, 3.63) is 24.3 Å². The van der Waals surface area contributed by atoms with Crippen LogP contribution in [0.5, 0.6) is 11.5 Å². The molecule has 0 saturated carbocycles. The molecule has 1 amide bonds. The van der Waals surface area contributed by atoms with Gasteiger partial charge >= 0.3 is 0 Å². The zero-order valence-corrected chi connectivity index (χ0v) is 15.8. The van der Waals surface area contributed by atoms with Crippen LogP contribution in [0.4, 0.5) is 0 Å². The van der Waals surface area contributed by atoms with Crippen molar-refractivity contribution >= 4 is 11.9 Å². The topological polar surface area (TPSA) is 75.2 Å². The maximum atomic E-state index is 11.5. The van der Waals surface area contributed by atoms with Crippen LogP contribution in [0.2, 0.25) is 0 Å². The van der Waals surface area contributed by atoms with Crippen molar-refractivity contribution in [3.63, 3.8) is 0 Å². The number of aliphatic imine (C=N–C) groups is 1. The van der Waals surface area contributed by atoms with E-state index in [9.17, 15) is 4.79 Å². The smallest absolute Gasteiger partial charge is 0.222 e. The first-order chi connectivity index (χ1) is 12.0. The summed E-state index contributed by atoms with van der Waals surface area (Å²) in [4.78, 5) is 17.7. The lowest BCUT2D eigenvalue weighted by molar-refractivity contribution is -0.123. The molecule has 1 aromatic rings. The Morgan fingerprint density at radius 3 is 2.32 bits per heavy atom. The summed E-state index contributed by atoms with van der Waals surface area (Å²) in [6, 6.07) is 7.49. The van der Waals surface area contributed by atoms with Crippen molar-refractivity contribution in [1.82, 2.24) is 15.5 Å². The zero-order chi connectivity index (χ0) is 18.7. The van der Waals surface area contributed by atoms with Gasteiger partial charge in [0.25, 0.3) is 0 Å². The van der Waals surface area contributed by atoms with Gasteiger partial charge in [-0.05, 0) is 24.3 Å². The normalized spacial score (nSPS) is 11.2. The van der Waals surface area contributed by atoms with Gasteiger partial charge in [-0.1, -0.05) is 13.8 Å². The van der Waals surface area contributed by atoms with Crippen molar-refractivity contribution in [2.24, 2.45) is 10.9 Å². The molecule has 0 aromatic heterocycles. The molecule has 0 spiro atoms. The average molecular weight is 350 g/mol. The minimum absolute atomic E-state index is 0.00269. The number of carbonyl (C=O) groups excluding carboxylic acids is 1. The number of hydrogen-bond donors (Lipinski definition) is 2. The highest BCUT2D eigenvalue weighted by atomic mass is 16.5. The number of amides is 1. The van der Waals surface area contributed by atoms with E-state index in [2.05, 4.69) is 15.6 Å². The number of nitrogens with one attached hydrogen (secondary N) is 2. The maximum absolute atomic E-state index is 11.5. The van der Waals surface area contributed by atoms with Gasteiger partial charge in [-0.25, -0.2) is 0 Å². The van der Waals surface area contributed by atoms with E-state index in [4.69, 9.17) is 9.47 Å². The van der Waals surface area contributed by atoms with Crippen LogP contribution in [-0.4, -0.2) is 64.2 Å². The van der Waals surface area contributed by atoms with Gasteiger partial charge in [0.1, 0.15) is 18.1 Å². The molecule has 140 valence electrons. The number of likely N-dealkylation sites (N-methyl/N-ethyl adjacent to an activating group) is 1. The van der Waals surface area contributed by atoms with Gasteiger partial charge in [0.15, 0.2) is 5.96 Å². The maximum Gasteiger partial charge on any atom is 0.222 e. The predicted octanol–water partition coefficient (Wildman–Crippen LogP) is 1.35. The number of ether oxygens (including phenoxy) is 2. The fraction of sp³-hybridized carbons (Fsp3) is 0.556. The van der Waals surface area contributed by atoms with Crippen molar-refractivity contribution in [3.8, 4) is 11.5 Å².